The molecular formula is C23H49NOSi. The second kappa shape index (κ2) is 18.1. The lowest BCUT2D eigenvalue weighted by Crippen LogP contribution is -2.33. The third kappa shape index (κ3) is 18.5. The van der Waals surface area contributed by atoms with E-state index in [1.165, 1.54) is 109 Å². The summed E-state index contributed by atoms with van der Waals surface area (Å²) in [4.78, 5) is 11.5. The van der Waals surface area contributed by atoms with Gasteiger partial charge in [-0.15, -0.1) is 0 Å². The number of hydrogen-bond acceptors (Lipinski definition) is 1. The van der Waals surface area contributed by atoms with Crippen LogP contribution in [-0.4, -0.2) is 21.0 Å². The Hall–Kier alpha value is -0.313. The molecule has 0 saturated carbocycles. The van der Waals surface area contributed by atoms with Crippen molar-refractivity contribution in [2.24, 2.45) is 0 Å². The zero-order valence-corrected chi connectivity index (χ0v) is 19.6. The number of nitrogens with one attached hydrogen (secondary N) is 1. The normalized spacial score (nSPS) is 11.7. The summed E-state index contributed by atoms with van der Waals surface area (Å²) < 4.78 is 0. The second-order valence-corrected chi connectivity index (χ2v) is 14.2. The predicted molar refractivity (Wildman–Crippen MR) is 121 cm³/mol. The lowest BCUT2D eigenvalue weighted by molar-refractivity contribution is -0.118. The summed E-state index contributed by atoms with van der Waals surface area (Å²) in [6.07, 6.45) is 22.8. The maximum absolute atomic E-state index is 11.5. The van der Waals surface area contributed by atoms with Gasteiger partial charge >= 0.3 is 0 Å². The molecule has 0 saturated heterocycles. The van der Waals surface area contributed by atoms with E-state index in [-0.39, 0.29) is 5.91 Å². The Morgan fingerprint density at radius 1 is 0.654 bits per heavy atom. The fourth-order valence-corrected chi connectivity index (χ4v) is 6.19. The van der Waals surface area contributed by atoms with Crippen molar-refractivity contribution < 1.29 is 4.79 Å². The van der Waals surface area contributed by atoms with Crippen LogP contribution in [0.4, 0.5) is 0 Å². The van der Waals surface area contributed by atoms with E-state index < -0.39 is 8.07 Å². The molecule has 26 heavy (non-hydrogen) atoms. The van der Waals surface area contributed by atoms with Gasteiger partial charge in [-0.3, -0.25) is 4.79 Å². The zero-order chi connectivity index (χ0) is 19.5. The highest BCUT2D eigenvalue weighted by molar-refractivity contribution is 6.79. The molecule has 0 aromatic rings. The Morgan fingerprint density at radius 2 is 1.00 bits per heavy atom. The van der Waals surface area contributed by atoms with Crippen LogP contribution in [0.2, 0.25) is 25.2 Å². The topological polar surface area (TPSA) is 29.1 Å². The van der Waals surface area contributed by atoms with Gasteiger partial charge in [-0.05, 0) is 0 Å². The lowest BCUT2D eigenvalue weighted by Gasteiger charge is -2.21. The Bertz CT molecular complexity index is 317. The number of carbonyl (C=O) groups is 1. The minimum absolute atomic E-state index is 0.234. The van der Waals surface area contributed by atoms with Gasteiger partial charge in [0.05, 0.1) is 8.07 Å². The van der Waals surface area contributed by atoms with Gasteiger partial charge in [0, 0.05) is 13.1 Å². The molecule has 0 aromatic carbocycles. The molecular weight excluding hydrogens is 334 g/mol. The largest absolute Gasteiger partial charge is 0.359 e. The first-order chi connectivity index (χ1) is 12.5. The predicted octanol–water partition coefficient (Wildman–Crippen LogP) is 7.70. The van der Waals surface area contributed by atoms with Crippen LogP contribution in [0.5, 0.6) is 0 Å². The van der Waals surface area contributed by atoms with E-state index >= 15 is 0 Å². The van der Waals surface area contributed by atoms with Gasteiger partial charge in [0.2, 0.25) is 5.91 Å². The summed E-state index contributed by atoms with van der Waals surface area (Å²) in [6.45, 7) is 7.00. The van der Waals surface area contributed by atoms with Gasteiger partial charge in [0.25, 0.3) is 0 Å². The monoisotopic (exact) mass is 383 g/mol. The average molecular weight is 384 g/mol. The molecule has 0 heterocycles. The maximum atomic E-state index is 11.5. The third-order valence-corrected chi connectivity index (χ3v) is 8.61. The minimum Gasteiger partial charge on any atom is -0.359 e. The highest BCUT2D eigenvalue weighted by atomic mass is 28.3. The van der Waals surface area contributed by atoms with Gasteiger partial charge < -0.3 is 5.32 Å². The molecule has 0 rings (SSSR count). The Balaban J connectivity index is 3.23. The minimum atomic E-state index is -1.31. The summed E-state index contributed by atoms with van der Waals surface area (Å²) in [6, 6.07) is 2.10. The Labute approximate surface area is 166 Å². The van der Waals surface area contributed by atoms with E-state index in [4.69, 9.17) is 0 Å². The summed E-state index contributed by atoms with van der Waals surface area (Å²) >= 11 is 0. The van der Waals surface area contributed by atoms with Crippen LogP contribution < -0.4 is 5.32 Å². The molecule has 1 amide bonds. The molecule has 0 spiro atoms. The van der Waals surface area contributed by atoms with Crippen LogP contribution in [0.25, 0.3) is 0 Å². The first-order valence-electron chi connectivity index (χ1n) is 11.7. The van der Waals surface area contributed by atoms with Crippen LogP contribution >= 0.6 is 0 Å². The Kier molecular flexibility index (Phi) is 17.9. The van der Waals surface area contributed by atoms with Crippen LogP contribution in [-0.2, 0) is 4.79 Å². The first-order valence-corrected chi connectivity index (χ1v) is 15.1. The summed E-state index contributed by atoms with van der Waals surface area (Å²) in [7, 11) is 0.445. The zero-order valence-electron chi connectivity index (χ0n) is 18.6. The van der Waals surface area contributed by atoms with E-state index in [9.17, 15) is 4.79 Å². The molecule has 2 nitrogen and oxygen atoms in total. The quantitative estimate of drug-likeness (QED) is 0.180. The van der Waals surface area contributed by atoms with E-state index in [0.717, 1.165) is 6.04 Å². The van der Waals surface area contributed by atoms with Crippen molar-refractivity contribution in [1.29, 1.82) is 0 Å². The SMILES string of the molecule is CCCCCCCCCCCCCCCCCC[Si](C)(C)CC(=O)NC. The fraction of sp³-hybridized carbons (Fsp3) is 0.957. The molecule has 0 atom stereocenters. The van der Waals surface area contributed by atoms with Crippen molar-refractivity contribution >= 4 is 14.0 Å². The van der Waals surface area contributed by atoms with Crippen molar-refractivity contribution in [3.8, 4) is 0 Å². The molecule has 3 heteroatoms. The van der Waals surface area contributed by atoms with Crippen molar-refractivity contribution in [2.75, 3.05) is 7.05 Å². The van der Waals surface area contributed by atoms with Gasteiger partial charge in [-0.25, -0.2) is 0 Å². The van der Waals surface area contributed by atoms with Gasteiger partial charge in [0.1, 0.15) is 0 Å². The summed E-state index contributed by atoms with van der Waals surface area (Å²) in [5.74, 6) is 0.234. The molecule has 0 aromatic heterocycles. The molecule has 0 aliphatic rings. The standard InChI is InChI=1S/C23H49NOSi/c1-5-6-7-8-9-10-11-12-13-14-15-16-17-18-19-20-21-26(3,4)22-23(25)24-2/h5-22H2,1-4H3,(H,24,25). The molecule has 0 unspecified atom stereocenters. The molecule has 0 bridgehead atoms. The first kappa shape index (κ1) is 25.7. The number of unbranched alkanes of at least 4 members (excludes halogenated alkanes) is 15. The van der Waals surface area contributed by atoms with E-state index in [2.05, 4.69) is 25.3 Å². The van der Waals surface area contributed by atoms with Crippen LogP contribution in [0.15, 0.2) is 0 Å². The number of carbonyl (C=O) groups excluding carboxylic acids is 1. The molecule has 0 aliphatic heterocycles. The highest BCUT2D eigenvalue weighted by Crippen LogP contribution is 2.20. The molecule has 1 N–H and O–H groups in total. The van der Waals surface area contributed by atoms with E-state index in [0.29, 0.717) is 0 Å². The highest BCUT2D eigenvalue weighted by Gasteiger charge is 2.23. The smallest absolute Gasteiger partial charge is 0.217 e. The van der Waals surface area contributed by atoms with Crippen molar-refractivity contribution in [3.63, 3.8) is 0 Å². The summed E-state index contributed by atoms with van der Waals surface area (Å²) in [5.41, 5.74) is 0. The van der Waals surface area contributed by atoms with Gasteiger partial charge in [-0.1, -0.05) is 129 Å². The average Bonchev–Trinajstić information content (AvgIpc) is 2.60. The van der Waals surface area contributed by atoms with Crippen molar-refractivity contribution in [1.82, 2.24) is 5.32 Å². The van der Waals surface area contributed by atoms with Crippen LogP contribution in [0, 0.1) is 0 Å². The fourth-order valence-electron chi connectivity index (χ4n) is 3.76. The second-order valence-electron chi connectivity index (χ2n) is 9.07. The Morgan fingerprint density at radius 3 is 1.35 bits per heavy atom. The molecule has 0 fully saturated rings. The van der Waals surface area contributed by atoms with Crippen LogP contribution in [0.1, 0.15) is 110 Å². The lowest BCUT2D eigenvalue weighted by atomic mass is 10.0. The van der Waals surface area contributed by atoms with E-state index in [1.807, 2.05) is 0 Å². The number of amides is 1. The molecule has 156 valence electrons. The third-order valence-electron chi connectivity index (χ3n) is 5.63. The number of hydrogen-bond donors (Lipinski definition) is 1. The van der Waals surface area contributed by atoms with Gasteiger partial charge in [-0.2, -0.15) is 0 Å². The molecule has 0 radical (unpaired) electrons. The number of rotatable bonds is 19. The maximum Gasteiger partial charge on any atom is 0.217 e. The molecule has 0 aliphatic carbocycles. The van der Waals surface area contributed by atoms with Crippen LogP contribution in [0.3, 0.4) is 0 Å². The van der Waals surface area contributed by atoms with E-state index in [1.54, 1.807) is 7.05 Å². The van der Waals surface area contributed by atoms with Crippen molar-refractivity contribution in [3.05, 3.63) is 0 Å². The summed E-state index contributed by atoms with van der Waals surface area (Å²) in [5, 5.41) is 2.77. The van der Waals surface area contributed by atoms with Crippen molar-refractivity contribution in [2.45, 2.75) is 135 Å². The van der Waals surface area contributed by atoms with Gasteiger partial charge in [0.15, 0.2) is 0 Å².